The summed E-state index contributed by atoms with van der Waals surface area (Å²) < 4.78 is 0.639. The molecule has 3 aromatic rings. The maximum atomic E-state index is 9.47. The van der Waals surface area contributed by atoms with Gasteiger partial charge in [0, 0.05) is 11.3 Å². The van der Waals surface area contributed by atoms with E-state index in [1.807, 2.05) is 24.3 Å². The van der Waals surface area contributed by atoms with Crippen molar-refractivity contribution in [3.63, 3.8) is 0 Å². The maximum absolute atomic E-state index is 9.47. The molecular weight excluding hydrogens is 294 g/mol. The predicted octanol–water partition coefficient (Wildman–Crippen LogP) is 3.28. The van der Waals surface area contributed by atoms with Crippen LogP contribution in [0.1, 0.15) is 0 Å². The highest BCUT2D eigenvalue weighted by atomic mass is 79.9. The number of fused-ring (bicyclic) bond motifs is 1. The van der Waals surface area contributed by atoms with E-state index < -0.39 is 0 Å². The molecule has 0 aliphatic carbocycles. The van der Waals surface area contributed by atoms with Crippen molar-refractivity contribution in [2.24, 2.45) is 0 Å². The zero-order valence-corrected chi connectivity index (χ0v) is 10.9. The van der Waals surface area contributed by atoms with Gasteiger partial charge in [-0.3, -0.25) is 0 Å². The predicted molar refractivity (Wildman–Crippen MR) is 75.3 cm³/mol. The van der Waals surface area contributed by atoms with E-state index in [1.165, 1.54) is 0 Å². The van der Waals surface area contributed by atoms with Crippen LogP contribution in [0, 0.1) is 0 Å². The van der Waals surface area contributed by atoms with Gasteiger partial charge in [0.1, 0.15) is 11.6 Å². The number of phenols is 1. The minimum atomic E-state index is 0.208. The van der Waals surface area contributed by atoms with Gasteiger partial charge >= 0.3 is 0 Å². The average molecular weight is 304 g/mol. The van der Waals surface area contributed by atoms with Gasteiger partial charge in [0.15, 0.2) is 0 Å². The largest absolute Gasteiger partial charge is 0.507 e. The summed E-state index contributed by atoms with van der Waals surface area (Å²) in [5.41, 5.74) is 9.09. The van der Waals surface area contributed by atoms with Crippen molar-refractivity contribution in [2.45, 2.75) is 0 Å². The fourth-order valence-corrected chi connectivity index (χ4v) is 2.20. The van der Waals surface area contributed by atoms with Crippen LogP contribution in [0.3, 0.4) is 0 Å². The van der Waals surface area contributed by atoms with Crippen LogP contribution in [-0.2, 0) is 0 Å². The van der Waals surface area contributed by atoms with Crippen molar-refractivity contribution < 1.29 is 5.11 Å². The molecule has 18 heavy (non-hydrogen) atoms. The van der Waals surface area contributed by atoms with Crippen molar-refractivity contribution in [3.05, 3.63) is 40.9 Å². The molecule has 0 aliphatic heterocycles. The summed E-state index contributed by atoms with van der Waals surface area (Å²) in [6, 6.07) is 10.8. The van der Waals surface area contributed by atoms with Gasteiger partial charge in [0.05, 0.1) is 15.5 Å². The highest BCUT2D eigenvalue weighted by Gasteiger charge is 2.07. The number of nitrogen functional groups attached to an aromatic ring is 1. The molecule has 0 spiro atoms. The number of nitrogens with one attached hydrogen (secondary N) is 1. The number of imidazole rings is 1. The molecule has 4 N–H and O–H groups in total. The summed E-state index contributed by atoms with van der Waals surface area (Å²) in [5, 5.41) is 9.47. The average Bonchev–Trinajstić information content (AvgIpc) is 2.75. The number of H-pyrrole nitrogens is 1. The lowest BCUT2D eigenvalue weighted by molar-refractivity contribution is 0.472. The Bertz CT molecular complexity index is 736. The van der Waals surface area contributed by atoms with Gasteiger partial charge in [0.25, 0.3) is 0 Å². The summed E-state index contributed by atoms with van der Waals surface area (Å²) in [6.45, 7) is 0. The van der Waals surface area contributed by atoms with Crippen molar-refractivity contribution in [1.29, 1.82) is 0 Å². The molecule has 0 unspecified atom stereocenters. The van der Waals surface area contributed by atoms with Gasteiger partial charge in [-0.15, -0.1) is 0 Å². The van der Waals surface area contributed by atoms with Gasteiger partial charge in [-0.25, -0.2) is 4.98 Å². The second-order valence-electron chi connectivity index (χ2n) is 4.03. The third-order valence-corrected chi connectivity index (χ3v) is 3.36. The number of nitrogens with zero attached hydrogens (tertiary/aromatic N) is 1. The summed E-state index contributed by atoms with van der Waals surface area (Å²) in [4.78, 5) is 7.69. The van der Waals surface area contributed by atoms with Crippen LogP contribution in [0.25, 0.3) is 22.4 Å². The summed E-state index contributed by atoms with van der Waals surface area (Å²) in [7, 11) is 0. The Morgan fingerprint density at radius 3 is 2.78 bits per heavy atom. The molecule has 0 aliphatic rings. The van der Waals surface area contributed by atoms with E-state index in [2.05, 4.69) is 25.9 Å². The van der Waals surface area contributed by atoms with E-state index >= 15 is 0 Å². The standard InChI is InChI=1S/C13H10BrN3O/c14-9-5-7(1-4-12(9)18)13-16-10-3-2-8(15)6-11(10)17-13/h1-6,18H,15H2,(H,16,17). The van der Waals surface area contributed by atoms with Crippen LogP contribution < -0.4 is 5.73 Å². The van der Waals surface area contributed by atoms with Crippen molar-refractivity contribution in [2.75, 3.05) is 5.73 Å². The van der Waals surface area contributed by atoms with Gasteiger partial charge in [-0.2, -0.15) is 0 Å². The second kappa shape index (κ2) is 4.03. The summed E-state index contributed by atoms with van der Waals surface area (Å²) >= 11 is 3.29. The van der Waals surface area contributed by atoms with Crippen LogP contribution in [0.5, 0.6) is 5.75 Å². The number of benzene rings is 2. The van der Waals surface area contributed by atoms with Crippen LogP contribution >= 0.6 is 15.9 Å². The topological polar surface area (TPSA) is 74.9 Å². The van der Waals surface area contributed by atoms with Gasteiger partial charge in [-0.1, -0.05) is 0 Å². The number of halogens is 1. The molecule has 0 radical (unpaired) electrons. The van der Waals surface area contributed by atoms with E-state index in [0.717, 1.165) is 22.4 Å². The highest BCUT2D eigenvalue weighted by Crippen LogP contribution is 2.29. The minimum absolute atomic E-state index is 0.208. The first-order chi connectivity index (χ1) is 8.63. The fourth-order valence-electron chi connectivity index (χ4n) is 1.82. The smallest absolute Gasteiger partial charge is 0.138 e. The number of rotatable bonds is 1. The van der Waals surface area contributed by atoms with E-state index in [9.17, 15) is 5.11 Å². The lowest BCUT2D eigenvalue weighted by atomic mass is 10.2. The lowest BCUT2D eigenvalue weighted by Crippen LogP contribution is -1.82. The van der Waals surface area contributed by atoms with E-state index in [1.54, 1.807) is 12.1 Å². The Labute approximate surface area is 112 Å². The Balaban J connectivity index is 2.16. The Morgan fingerprint density at radius 1 is 1.17 bits per heavy atom. The fraction of sp³-hybridized carbons (Fsp3) is 0. The molecule has 90 valence electrons. The number of aromatic amines is 1. The molecule has 0 atom stereocenters. The number of hydrogen-bond donors (Lipinski definition) is 3. The SMILES string of the molecule is Nc1ccc2nc(-c3ccc(O)c(Br)c3)[nH]c2c1. The first-order valence-corrected chi connectivity index (χ1v) is 6.17. The molecule has 0 bridgehead atoms. The van der Waals surface area contributed by atoms with E-state index in [-0.39, 0.29) is 5.75 Å². The number of phenolic OH excluding ortho intramolecular Hbond substituents is 1. The third kappa shape index (κ3) is 1.82. The van der Waals surface area contributed by atoms with Crippen molar-refractivity contribution >= 4 is 32.7 Å². The second-order valence-corrected chi connectivity index (χ2v) is 4.88. The Kier molecular flexibility index (Phi) is 2.48. The molecule has 0 saturated heterocycles. The van der Waals surface area contributed by atoms with Crippen LogP contribution in [0.2, 0.25) is 0 Å². The normalized spacial score (nSPS) is 10.9. The van der Waals surface area contributed by atoms with Gasteiger partial charge in [0.2, 0.25) is 0 Å². The molecular formula is C13H10BrN3O. The number of aromatic hydroxyl groups is 1. The summed E-state index contributed by atoms with van der Waals surface area (Å²) in [5.74, 6) is 0.954. The lowest BCUT2D eigenvalue weighted by Gasteiger charge is -1.99. The molecule has 4 nitrogen and oxygen atoms in total. The molecule has 1 heterocycles. The van der Waals surface area contributed by atoms with E-state index in [0.29, 0.717) is 10.2 Å². The first kappa shape index (κ1) is 11.1. The quantitative estimate of drug-likeness (QED) is 0.604. The number of anilines is 1. The molecule has 0 fully saturated rings. The zero-order valence-electron chi connectivity index (χ0n) is 9.31. The van der Waals surface area contributed by atoms with Crippen molar-refractivity contribution in [3.8, 4) is 17.1 Å². The van der Waals surface area contributed by atoms with Gasteiger partial charge in [-0.05, 0) is 52.3 Å². The van der Waals surface area contributed by atoms with Crippen molar-refractivity contribution in [1.82, 2.24) is 9.97 Å². The minimum Gasteiger partial charge on any atom is -0.507 e. The molecule has 3 rings (SSSR count). The maximum Gasteiger partial charge on any atom is 0.138 e. The highest BCUT2D eigenvalue weighted by molar-refractivity contribution is 9.10. The number of aromatic nitrogens is 2. The molecule has 5 heteroatoms. The number of nitrogens with two attached hydrogens (primary N) is 1. The number of hydrogen-bond acceptors (Lipinski definition) is 3. The molecule has 0 amide bonds. The summed E-state index contributed by atoms with van der Waals surface area (Å²) in [6.07, 6.45) is 0. The van der Waals surface area contributed by atoms with Crippen LogP contribution in [-0.4, -0.2) is 15.1 Å². The van der Waals surface area contributed by atoms with Crippen LogP contribution in [0.4, 0.5) is 5.69 Å². The van der Waals surface area contributed by atoms with E-state index in [4.69, 9.17) is 5.73 Å². The molecule has 2 aromatic carbocycles. The van der Waals surface area contributed by atoms with Gasteiger partial charge < -0.3 is 15.8 Å². The zero-order chi connectivity index (χ0) is 12.7. The first-order valence-electron chi connectivity index (χ1n) is 5.37. The Hall–Kier alpha value is -2.01. The molecule has 0 saturated carbocycles. The monoisotopic (exact) mass is 303 g/mol. The van der Waals surface area contributed by atoms with Crippen LogP contribution in [0.15, 0.2) is 40.9 Å². The third-order valence-electron chi connectivity index (χ3n) is 2.73. The molecule has 1 aromatic heterocycles. The Morgan fingerprint density at radius 2 is 2.00 bits per heavy atom.